The molecule has 1 saturated carbocycles. The van der Waals surface area contributed by atoms with Crippen LogP contribution in [0.2, 0.25) is 0 Å². The Morgan fingerprint density at radius 1 is 1.33 bits per heavy atom. The van der Waals surface area contributed by atoms with Gasteiger partial charge in [-0.25, -0.2) is 0 Å². The summed E-state index contributed by atoms with van der Waals surface area (Å²) in [5.74, 6) is 0.220. The molecule has 2 fully saturated rings. The summed E-state index contributed by atoms with van der Waals surface area (Å²) >= 11 is 0. The second kappa shape index (κ2) is 4.12. The van der Waals surface area contributed by atoms with Crippen molar-refractivity contribution in [2.75, 3.05) is 19.6 Å². The highest BCUT2D eigenvalue weighted by molar-refractivity contribution is 5.78. The first kappa shape index (κ1) is 10.9. The zero-order valence-electron chi connectivity index (χ0n) is 9.88. The van der Waals surface area contributed by atoms with E-state index in [4.69, 9.17) is 0 Å². The van der Waals surface area contributed by atoms with Crippen molar-refractivity contribution in [2.24, 2.45) is 5.41 Å². The van der Waals surface area contributed by atoms with Gasteiger partial charge in [-0.05, 0) is 44.2 Å². The van der Waals surface area contributed by atoms with Crippen molar-refractivity contribution >= 4 is 5.91 Å². The molecule has 0 atom stereocenters. The number of likely N-dealkylation sites (tertiary alicyclic amines) is 1. The fourth-order valence-electron chi connectivity index (χ4n) is 2.02. The van der Waals surface area contributed by atoms with Crippen LogP contribution in [-0.4, -0.2) is 36.5 Å². The van der Waals surface area contributed by atoms with Gasteiger partial charge in [0.15, 0.2) is 0 Å². The van der Waals surface area contributed by atoms with E-state index in [0.717, 1.165) is 13.1 Å². The molecule has 1 saturated heterocycles. The molecule has 0 unspecified atom stereocenters. The minimum Gasteiger partial charge on any atom is -0.352 e. The summed E-state index contributed by atoms with van der Waals surface area (Å²) in [5.41, 5.74) is 0.476. The smallest absolute Gasteiger partial charge is 0.234 e. The lowest BCUT2D eigenvalue weighted by Crippen LogP contribution is -2.43. The van der Waals surface area contributed by atoms with Gasteiger partial charge < -0.3 is 5.32 Å². The van der Waals surface area contributed by atoms with Crippen LogP contribution >= 0.6 is 0 Å². The monoisotopic (exact) mass is 210 g/mol. The van der Waals surface area contributed by atoms with Crippen LogP contribution in [-0.2, 0) is 4.79 Å². The Balaban J connectivity index is 1.69. The van der Waals surface area contributed by atoms with Crippen molar-refractivity contribution in [2.45, 2.75) is 45.6 Å². The van der Waals surface area contributed by atoms with Gasteiger partial charge >= 0.3 is 0 Å². The van der Waals surface area contributed by atoms with Crippen LogP contribution in [0.25, 0.3) is 0 Å². The van der Waals surface area contributed by atoms with Gasteiger partial charge in [-0.2, -0.15) is 0 Å². The lowest BCUT2D eigenvalue weighted by atomic mass is 9.83. The van der Waals surface area contributed by atoms with Crippen LogP contribution in [0.4, 0.5) is 0 Å². The largest absolute Gasteiger partial charge is 0.352 e. The molecule has 0 bridgehead atoms. The zero-order valence-corrected chi connectivity index (χ0v) is 9.88. The van der Waals surface area contributed by atoms with Gasteiger partial charge in [0.25, 0.3) is 0 Å². The highest BCUT2D eigenvalue weighted by atomic mass is 16.2. The Kier molecular flexibility index (Phi) is 3.01. The lowest BCUT2D eigenvalue weighted by Gasteiger charge is -2.36. The molecule has 1 N–H and O–H groups in total. The predicted octanol–water partition coefficient (Wildman–Crippen LogP) is 1.39. The first-order valence-corrected chi connectivity index (χ1v) is 6.07. The van der Waals surface area contributed by atoms with E-state index in [9.17, 15) is 4.79 Å². The quantitative estimate of drug-likeness (QED) is 0.763. The number of carbonyl (C=O) groups excluding carboxylic acids is 1. The van der Waals surface area contributed by atoms with E-state index in [-0.39, 0.29) is 5.91 Å². The van der Waals surface area contributed by atoms with Gasteiger partial charge in [-0.15, -0.1) is 0 Å². The average Bonchev–Trinajstić information content (AvgIpc) is 2.92. The molecule has 1 amide bonds. The summed E-state index contributed by atoms with van der Waals surface area (Å²) in [6.07, 6.45) is 4.78. The first-order valence-electron chi connectivity index (χ1n) is 6.07. The Morgan fingerprint density at radius 2 is 1.93 bits per heavy atom. The maximum atomic E-state index is 11.6. The summed E-state index contributed by atoms with van der Waals surface area (Å²) in [5, 5.41) is 3.04. The molecule has 2 aliphatic rings. The van der Waals surface area contributed by atoms with Crippen LogP contribution in [0.1, 0.15) is 39.5 Å². The molecule has 3 nitrogen and oxygen atoms in total. The van der Waals surface area contributed by atoms with E-state index in [1.165, 1.54) is 25.7 Å². The lowest BCUT2D eigenvalue weighted by molar-refractivity contribution is -0.122. The molecule has 0 spiro atoms. The number of piperidine rings is 1. The molecule has 86 valence electrons. The maximum absolute atomic E-state index is 11.6. The van der Waals surface area contributed by atoms with Gasteiger partial charge in [0.05, 0.1) is 6.54 Å². The highest BCUT2D eigenvalue weighted by Crippen LogP contribution is 2.29. The minimum absolute atomic E-state index is 0.220. The fourth-order valence-corrected chi connectivity index (χ4v) is 2.02. The van der Waals surface area contributed by atoms with Crippen molar-refractivity contribution in [1.29, 1.82) is 0 Å². The predicted molar refractivity (Wildman–Crippen MR) is 60.6 cm³/mol. The maximum Gasteiger partial charge on any atom is 0.234 e. The minimum atomic E-state index is 0.220. The summed E-state index contributed by atoms with van der Waals surface area (Å²) in [4.78, 5) is 13.9. The van der Waals surface area contributed by atoms with Crippen molar-refractivity contribution < 1.29 is 4.79 Å². The molecule has 0 aromatic heterocycles. The molecule has 0 aromatic carbocycles. The van der Waals surface area contributed by atoms with Crippen LogP contribution in [0.15, 0.2) is 0 Å². The van der Waals surface area contributed by atoms with E-state index in [2.05, 4.69) is 24.1 Å². The molecular formula is C12H22N2O. The molecule has 3 heteroatoms. The molecular weight excluding hydrogens is 188 g/mol. The van der Waals surface area contributed by atoms with E-state index in [1.54, 1.807) is 0 Å². The van der Waals surface area contributed by atoms with E-state index in [1.807, 2.05) is 0 Å². The standard InChI is InChI=1S/C12H22N2O/c1-12(2)5-7-14(8-6-12)9-11(15)13-10-3-4-10/h10H,3-9H2,1-2H3,(H,13,15). The summed E-state index contributed by atoms with van der Waals surface area (Å²) in [6.45, 7) is 7.38. The fraction of sp³-hybridized carbons (Fsp3) is 0.917. The van der Waals surface area contributed by atoms with Gasteiger partial charge in [0.1, 0.15) is 0 Å². The third-order valence-corrected chi connectivity index (χ3v) is 3.52. The Hall–Kier alpha value is -0.570. The number of hydrogen-bond acceptors (Lipinski definition) is 2. The Bertz CT molecular complexity index is 236. The van der Waals surface area contributed by atoms with Gasteiger partial charge in [-0.1, -0.05) is 13.8 Å². The van der Waals surface area contributed by atoms with Crippen molar-refractivity contribution in [3.63, 3.8) is 0 Å². The average molecular weight is 210 g/mol. The molecule has 2 rings (SSSR count). The summed E-state index contributed by atoms with van der Waals surface area (Å²) in [6, 6.07) is 0.499. The molecule has 0 radical (unpaired) electrons. The topological polar surface area (TPSA) is 32.3 Å². The second-order valence-corrected chi connectivity index (χ2v) is 5.78. The summed E-state index contributed by atoms with van der Waals surface area (Å²) < 4.78 is 0. The first-order chi connectivity index (χ1) is 7.05. The van der Waals surface area contributed by atoms with Crippen LogP contribution < -0.4 is 5.32 Å². The van der Waals surface area contributed by atoms with Crippen LogP contribution in [0.3, 0.4) is 0 Å². The number of carbonyl (C=O) groups is 1. The zero-order chi connectivity index (χ0) is 10.9. The number of nitrogens with zero attached hydrogens (tertiary/aromatic N) is 1. The Labute approximate surface area is 92.2 Å². The van der Waals surface area contributed by atoms with Gasteiger partial charge in [-0.3, -0.25) is 9.69 Å². The third kappa shape index (κ3) is 3.49. The number of rotatable bonds is 3. The second-order valence-electron chi connectivity index (χ2n) is 5.78. The van der Waals surface area contributed by atoms with Crippen molar-refractivity contribution in [1.82, 2.24) is 10.2 Å². The van der Waals surface area contributed by atoms with Crippen LogP contribution in [0, 0.1) is 5.41 Å². The van der Waals surface area contributed by atoms with Crippen LogP contribution in [0.5, 0.6) is 0 Å². The van der Waals surface area contributed by atoms with Crippen molar-refractivity contribution in [3.8, 4) is 0 Å². The van der Waals surface area contributed by atoms with E-state index < -0.39 is 0 Å². The van der Waals surface area contributed by atoms with Gasteiger partial charge in [0.2, 0.25) is 5.91 Å². The molecule has 1 aliphatic heterocycles. The molecule has 1 heterocycles. The normalized spacial score (nSPS) is 26.3. The molecule has 1 aliphatic carbocycles. The number of nitrogens with one attached hydrogen (secondary N) is 1. The summed E-state index contributed by atoms with van der Waals surface area (Å²) in [7, 11) is 0. The van der Waals surface area contributed by atoms with E-state index >= 15 is 0 Å². The number of amides is 1. The Morgan fingerprint density at radius 3 is 2.47 bits per heavy atom. The highest BCUT2D eigenvalue weighted by Gasteiger charge is 2.28. The number of hydrogen-bond donors (Lipinski definition) is 1. The van der Waals surface area contributed by atoms with Gasteiger partial charge in [0, 0.05) is 6.04 Å². The molecule has 0 aromatic rings. The van der Waals surface area contributed by atoms with E-state index in [0.29, 0.717) is 18.0 Å². The van der Waals surface area contributed by atoms with Crippen molar-refractivity contribution in [3.05, 3.63) is 0 Å². The SMILES string of the molecule is CC1(C)CCN(CC(=O)NC2CC2)CC1. The third-order valence-electron chi connectivity index (χ3n) is 3.52. The molecule has 15 heavy (non-hydrogen) atoms.